The van der Waals surface area contributed by atoms with Crippen LogP contribution in [0.25, 0.3) is 22.3 Å². The summed E-state index contributed by atoms with van der Waals surface area (Å²) < 4.78 is 11.6. The Morgan fingerprint density at radius 3 is 2.61 bits per heavy atom. The van der Waals surface area contributed by atoms with Gasteiger partial charge in [-0.25, -0.2) is 4.98 Å². The normalized spacial score (nSPS) is 14.3. The summed E-state index contributed by atoms with van der Waals surface area (Å²) in [5.41, 5.74) is 4.64. The molecule has 1 unspecified atom stereocenters. The van der Waals surface area contributed by atoms with E-state index in [1.165, 1.54) is 0 Å². The van der Waals surface area contributed by atoms with Crippen LogP contribution in [-0.4, -0.2) is 30.6 Å². The molecular formula is C29H29N3O4. The zero-order valence-corrected chi connectivity index (χ0v) is 20.6. The number of carbonyl (C=O) groups is 1. The molecule has 1 saturated heterocycles. The average Bonchev–Trinajstić information content (AvgIpc) is 2.86. The van der Waals surface area contributed by atoms with Gasteiger partial charge in [0.25, 0.3) is 5.91 Å². The topological polar surface area (TPSA) is 93.5 Å². The van der Waals surface area contributed by atoms with Gasteiger partial charge in [-0.1, -0.05) is 36.4 Å². The summed E-state index contributed by atoms with van der Waals surface area (Å²) in [5, 5.41) is 6.92. The van der Waals surface area contributed by atoms with E-state index in [4.69, 9.17) is 9.15 Å². The number of rotatable bonds is 7. The Hall–Kier alpha value is -3.97. The molecule has 2 aromatic heterocycles. The largest absolute Gasteiger partial charge is 0.455 e. The number of ether oxygens (including phenoxy) is 1. The number of fused-ring (bicyclic) bond motifs is 1. The number of nitrogens with one attached hydrogen (secondary N) is 2. The molecule has 0 saturated carbocycles. The Morgan fingerprint density at radius 1 is 1.11 bits per heavy atom. The van der Waals surface area contributed by atoms with Crippen molar-refractivity contribution in [3.63, 3.8) is 0 Å². The molecule has 1 amide bonds. The number of pyridine rings is 1. The maximum absolute atomic E-state index is 13.4. The highest BCUT2D eigenvalue weighted by Gasteiger charge is 2.23. The van der Waals surface area contributed by atoms with Gasteiger partial charge in [-0.3, -0.25) is 9.59 Å². The van der Waals surface area contributed by atoms with Gasteiger partial charge in [0.2, 0.25) is 0 Å². The fourth-order valence-electron chi connectivity index (χ4n) is 4.49. The fourth-order valence-corrected chi connectivity index (χ4v) is 4.49. The van der Waals surface area contributed by atoms with Crippen molar-refractivity contribution in [2.75, 3.05) is 25.1 Å². The van der Waals surface area contributed by atoms with Crippen LogP contribution in [0.1, 0.15) is 40.1 Å². The molecule has 7 nitrogen and oxygen atoms in total. The van der Waals surface area contributed by atoms with E-state index in [9.17, 15) is 9.59 Å². The molecule has 1 fully saturated rings. The molecule has 4 aromatic rings. The van der Waals surface area contributed by atoms with Gasteiger partial charge in [-0.2, -0.15) is 0 Å². The molecule has 1 aliphatic rings. The van der Waals surface area contributed by atoms with Gasteiger partial charge in [-0.15, -0.1) is 0 Å². The molecule has 36 heavy (non-hydrogen) atoms. The van der Waals surface area contributed by atoms with Gasteiger partial charge in [0, 0.05) is 35.3 Å². The standard InChI is InChI=1S/C29H29N3O4/c1-17-12-22(28-23(13-17)26(33)18(2)27(36-28)21-8-5-4-6-9-21)19(3)32-24-10-7-11-30-25(24)29(34)31-14-20-15-35-16-20/h4-13,19-20,32H,14-16H2,1-3H3,(H,31,34). The van der Waals surface area contributed by atoms with Crippen molar-refractivity contribution in [2.24, 2.45) is 5.92 Å². The monoisotopic (exact) mass is 483 g/mol. The van der Waals surface area contributed by atoms with Gasteiger partial charge in [0.15, 0.2) is 11.1 Å². The summed E-state index contributed by atoms with van der Waals surface area (Å²) in [6, 6.07) is 16.9. The van der Waals surface area contributed by atoms with Crippen molar-refractivity contribution in [1.29, 1.82) is 0 Å². The molecule has 3 heterocycles. The first kappa shape index (κ1) is 23.8. The van der Waals surface area contributed by atoms with E-state index >= 15 is 0 Å². The van der Waals surface area contributed by atoms with Crippen LogP contribution in [0, 0.1) is 19.8 Å². The Morgan fingerprint density at radius 2 is 1.89 bits per heavy atom. The fraction of sp³-hybridized carbons (Fsp3) is 0.276. The van der Waals surface area contributed by atoms with Crippen LogP contribution >= 0.6 is 0 Å². The number of amides is 1. The second-order valence-corrected chi connectivity index (χ2v) is 9.36. The van der Waals surface area contributed by atoms with Crippen LogP contribution in [0.5, 0.6) is 0 Å². The van der Waals surface area contributed by atoms with Crippen molar-refractivity contribution < 1.29 is 13.9 Å². The average molecular weight is 484 g/mol. The number of hydrogen-bond donors (Lipinski definition) is 2. The molecule has 5 rings (SSSR count). The first-order chi connectivity index (χ1) is 17.4. The molecule has 0 bridgehead atoms. The molecule has 0 aliphatic carbocycles. The Bertz CT molecular complexity index is 1480. The summed E-state index contributed by atoms with van der Waals surface area (Å²) in [6.45, 7) is 7.63. The first-order valence-corrected chi connectivity index (χ1v) is 12.1. The molecule has 7 heteroatoms. The molecule has 1 aliphatic heterocycles. The van der Waals surface area contributed by atoms with Crippen molar-refractivity contribution in [3.8, 4) is 11.3 Å². The van der Waals surface area contributed by atoms with E-state index in [0.717, 1.165) is 16.7 Å². The molecule has 1 atom stereocenters. The van der Waals surface area contributed by atoms with Crippen LogP contribution in [0.3, 0.4) is 0 Å². The van der Waals surface area contributed by atoms with E-state index in [0.29, 0.717) is 59.4 Å². The van der Waals surface area contributed by atoms with E-state index in [1.807, 2.05) is 62.4 Å². The lowest BCUT2D eigenvalue weighted by molar-refractivity contribution is -0.0299. The lowest BCUT2D eigenvalue weighted by Gasteiger charge is -2.26. The van der Waals surface area contributed by atoms with Crippen LogP contribution in [0.15, 0.2) is 70.0 Å². The third kappa shape index (κ3) is 4.62. The highest BCUT2D eigenvalue weighted by atomic mass is 16.5. The minimum absolute atomic E-state index is 0.0475. The van der Waals surface area contributed by atoms with Crippen LogP contribution in [0.2, 0.25) is 0 Å². The van der Waals surface area contributed by atoms with E-state index < -0.39 is 0 Å². The molecule has 2 aromatic carbocycles. The van der Waals surface area contributed by atoms with Crippen molar-refractivity contribution in [2.45, 2.75) is 26.8 Å². The van der Waals surface area contributed by atoms with E-state index in [-0.39, 0.29) is 17.4 Å². The number of hydrogen-bond acceptors (Lipinski definition) is 6. The van der Waals surface area contributed by atoms with Crippen LogP contribution in [-0.2, 0) is 4.74 Å². The minimum atomic E-state index is -0.266. The summed E-state index contributed by atoms with van der Waals surface area (Å²) in [6.07, 6.45) is 1.60. The number of aromatic nitrogens is 1. The van der Waals surface area contributed by atoms with Gasteiger partial charge < -0.3 is 19.8 Å². The lowest BCUT2D eigenvalue weighted by Crippen LogP contribution is -2.39. The summed E-state index contributed by atoms with van der Waals surface area (Å²) >= 11 is 0. The molecule has 0 radical (unpaired) electrons. The second-order valence-electron chi connectivity index (χ2n) is 9.36. The first-order valence-electron chi connectivity index (χ1n) is 12.1. The highest BCUT2D eigenvalue weighted by Crippen LogP contribution is 2.32. The number of anilines is 1. The number of benzene rings is 2. The van der Waals surface area contributed by atoms with E-state index in [2.05, 4.69) is 15.6 Å². The molecular weight excluding hydrogens is 454 g/mol. The predicted molar refractivity (Wildman–Crippen MR) is 140 cm³/mol. The number of nitrogens with zero attached hydrogens (tertiary/aromatic N) is 1. The van der Waals surface area contributed by atoms with Gasteiger partial charge >= 0.3 is 0 Å². The summed E-state index contributed by atoms with van der Waals surface area (Å²) in [7, 11) is 0. The molecule has 0 spiro atoms. The zero-order chi connectivity index (χ0) is 25.2. The van der Waals surface area contributed by atoms with Gasteiger partial charge in [-0.05, 0) is 44.5 Å². The Balaban J connectivity index is 1.51. The number of aryl methyl sites for hydroxylation is 1. The maximum Gasteiger partial charge on any atom is 0.272 e. The Labute approximate surface area is 209 Å². The van der Waals surface area contributed by atoms with Crippen LogP contribution < -0.4 is 16.1 Å². The van der Waals surface area contributed by atoms with Crippen LogP contribution in [0.4, 0.5) is 5.69 Å². The minimum Gasteiger partial charge on any atom is -0.455 e. The summed E-state index contributed by atoms with van der Waals surface area (Å²) in [4.78, 5) is 30.5. The van der Waals surface area contributed by atoms with Crippen molar-refractivity contribution >= 4 is 22.6 Å². The van der Waals surface area contributed by atoms with E-state index in [1.54, 1.807) is 19.2 Å². The lowest BCUT2D eigenvalue weighted by atomic mass is 9.98. The molecule has 2 N–H and O–H groups in total. The second kappa shape index (κ2) is 9.95. The number of carbonyl (C=O) groups excluding carboxylic acids is 1. The zero-order valence-electron chi connectivity index (χ0n) is 20.6. The smallest absolute Gasteiger partial charge is 0.272 e. The quantitative estimate of drug-likeness (QED) is 0.383. The van der Waals surface area contributed by atoms with Crippen molar-refractivity contribution in [3.05, 3.63) is 93.4 Å². The SMILES string of the molecule is Cc1cc(C(C)Nc2cccnc2C(=O)NCC2COC2)c2oc(-c3ccccc3)c(C)c(=O)c2c1. The third-order valence-corrected chi connectivity index (χ3v) is 6.55. The van der Waals surface area contributed by atoms with Gasteiger partial charge in [0.1, 0.15) is 11.3 Å². The third-order valence-electron chi connectivity index (χ3n) is 6.55. The van der Waals surface area contributed by atoms with Crippen molar-refractivity contribution in [1.82, 2.24) is 10.3 Å². The van der Waals surface area contributed by atoms with Gasteiger partial charge in [0.05, 0.1) is 30.3 Å². The Kier molecular flexibility index (Phi) is 6.57. The highest BCUT2D eigenvalue weighted by molar-refractivity contribution is 5.97. The predicted octanol–water partition coefficient (Wildman–Crippen LogP) is 5.02. The summed E-state index contributed by atoms with van der Waals surface area (Å²) in [5.74, 6) is 0.670. The molecule has 184 valence electrons. The maximum atomic E-state index is 13.4.